The fraction of sp³-hybridized carbons (Fsp3) is 0.231. The molecule has 36 heavy (non-hydrogen) atoms. The molecule has 0 atom stereocenters. The molecule has 0 saturated carbocycles. The van der Waals surface area contributed by atoms with Crippen molar-refractivity contribution in [1.29, 1.82) is 0 Å². The number of amides is 1. The number of halogens is 4. The first kappa shape index (κ1) is 25.2. The minimum atomic E-state index is -4.25. The van der Waals surface area contributed by atoms with Crippen LogP contribution in [0.4, 0.5) is 17.6 Å². The van der Waals surface area contributed by atoms with Crippen LogP contribution < -0.4 is 14.9 Å². The Labute approximate surface area is 204 Å². The molecule has 1 aliphatic heterocycles. The zero-order valence-electron chi connectivity index (χ0n) is 19.1. The van der Waals surface area contributed by atoms with Crippen LogP contribution in [0.5, 0.6) is 17.2 Å². The van der Waals surface area contributed by atoms with Gasteiger partial charge in [-0.25, -0.2) is 14.2 Å². The largest absolute Gasteiger partial charge is 0.496 e. The van der Waals surface area contributed by atoms with E-state index < -0.39 is 24.9 Å². The van der Waals surface area contributed by atoms with Gasteiger partial charge in [0.15, 0.2) is 0 Å². The lowest BCUT2D eigenvalue weighted by Crippen LogP contribution is -2.32. The third-order valence-corrected chi connectivity index (χ3v) is 5.51. The van der Waals surface area contributed by atoms with E-state index in [-0.39, 0.29) is 12.5 Å². The zero-order chi connectivity index (χ0) is 25.7. The molecule has 1 amide bonds. The van der Waals surface area contributed by atoms with Crippen molar-refractivity contribution in [2.45, 2.75) is 24.9 Å². The van der Waals surface area contributed by atoms with Gasteiger partial charge in [-0.15, -0.1) is 0 Å². The quantitative estimate of drug-likeness (QED) is 0.238. The zero-order valence-corrected chi connectivity index (χ0v) is 19.1. The predicted molar refractivity (Wildman–Crippen MR) is 124 cm³/mol. The number of benzene rings is 3. The lowest BCUT2D eigenvalue weighted by molar-refractivity contribution is -0.168. The summed E-state index contributed by atoms with van der Waals surface area (Å²) in [5, 5.41) is 4.04. The third-order valence-electron chi connectivity index (χ3n) is 5.51. The van der Waals surface area contributed by atoms with Crippen molar-refractivity contribution >= 4 is 12.1 Å². The molecule has 0 bridgehead atoms. The van der Waals surface area contributed by atoms with Gasteiger partial charge in [-0.2, -0.15) is 13.9 Å². The Morgan fingerprint density at radius 2 is 1.72 bits per heavy atom. The summed E-state index contributed by atoms with van der Waals surface area (Å²) in [6, 6.07) is 19.2. The summed E-state index contributed by atoms with van der Waals surface area (Å²) in [6.45, 7) is -1.81. The average Bonchev–Trinajstić information content (AvgIpc) is 2.87. The Kier molecular flexibility index (Phi) is 7.54. The lowest BCUT2D eigenvalue weighted by Gasteiger charge is -2.26. The number of hydrazone groups is 1. The molecule has 0 unspecified atom stereocenters. The van der Waals surface area contributed by atoms with E-state index in [1.807, 2.05) is 36.4 Å². The molecule has 0 saturated heterocycles. The monoisotopic (exact) mass is 502 g/mol. The summed E-state index contributed by atoms with van der Waals surface area (Å²) in [4.78, 5) is 13.1. The van der Waals surface area contributed by atoms with E-state index in [1.54, 1.807) is 24.3 Å². The molecule has 10 heteroatoms. The van der Waals surface area contributed by atoms with Gasteiger partial charge < -0.3 is 14.2 Å². The van der Waals surface area contributed by atoms with Crippen molar-refractivity contribution in [3.05, 3.63) is 89.0 Å². The normalized spacial score (nSPS) is 13.3. The summed E-state index contributed by atoms with van der Waals surface area (Å²) >= 11 is 0. The maximum absolute atomic E-state index is 13.1. The van der Waals surface area contributed by atoms with Gasteiger partial charge in [0.25, 0.3) is 5.91 Å². The number of nitrogens with one attached hydrogen (secondary N) is 1. The van der Waals surface area contributed by atoms with Gasteiger partial charge in [0.05, 0.1) is 25.8 Å². The summed E-state index contributed by atoms with van der Waals surface area (Å²) in [6.07, 6.45) is -2.46. The highest BCUT2D eigenvalue weighted by Crippen LogP contribution is 2.43. The smallest absolute Gasteiger partial charge is 0.330 e. The minimum absolute atomic E-state index is 0.326. The number of nitrogens with zero attached hydrogens (tertiary/aromatic N) is 1. The van der Waals surface area contributed by atoms with Gasteiger partial charge in [-0.3, -0.25) is 4.79 Å². The van der Waals surface area contributed by atoms with Crippen LogP contribution in [-0.4, -0.2) is 38.2 Å². The van der Waals surface area contributed by atoms with Crippen molar-refractivity contribution in [3.63, 3.8) is 0 Å². The molecule has 0 aromatic heterocycles. The molecule has 0 fully saturated rings. The Hall–Kier alpha value is -3.92. The number of alkyl halides is 4. The molecular weight excluding hydrogens is 480 g/mol. The van der Waals surface area contributed by atoms with Crippen LogP contribution in [0.2, 0.25) is 0 Å². The molecule has 0 radical (unpaired) electrons. The summed E-state index contributed by atoms with van der Waals surface area (Å²) in [5.74, 6) is -3.78. The van der Waals surface area contributed by atoms with Gasteiger partial charge in [0, 0.05) is 16.7 Å². The fourth-order valence-corrected chi connectivity index (χ4v) is 3.78. The standard InChI is InChI=1S/C26H22F4N2O4/c1-34-20-11-10-16(12-17(20)14-35-15-26(29,30)25(27)28)13-31-32-24(33)23-18-6-2-4-8-21(18)36-22-9-5-3-7-19(22)23/h2-13,23,25H,14-15H2,1H3,(H,32,33). The second-order valence-electron chi connectivity index (χ2n) is 7.97. The summed E-state index contributed by atoms with van der Waals surface area (Å²) in [5.41, 5.74) is 4.80. The molecule has 0 aliphatic carbocycles. The second kappa shape index (κ2) is 10.8. The van der Waals surface area contributed by atoms with Crippen LogP contribution >= 0.6 is 0 Å². The molecule has 0 spiro atoms. The highest BCUT2D eigenvalue weighted by molar-refractivity contribution is 5.90. The number of methoxy groups -OCH3 is 1. The van der Waals surface area contributed by atoms with Crippen molar-refractivity contribution < 1.29 is 36.6 Å². The molecular formula is C26H22F4N2O4. The van der Waals surface area contributed by atoms with Crippen LogP contribution in [0.25, 0.3) is 0 Å². The van der Waals surface area contributed by atoms with Gasteiger partial charge in [-0.1, -0.05) is 36.4 Å². The molecule has 1 heterocycles. The molecule has 4 rings (SSSR count). The summed E-state index contributed by atoms with van der Waals surface area (Å²) in [7, 11) is 1.38. The highest BCUT2D eigenvalue weighted by Gasteiger charge is 2.41. The van der Waals surface area contributed by atoms with E-state index in [0.29, 0.717) is 39.5 Å². The number of rotatable bonds is 9. The minimum Gasteiger partial charge on any atom is -0.496 e. The van der Waals surface area contributed by atoms with Crippen molar-refractivity contribution in [3.8, 4) is 17.2 Å². The van der Waals surface area contributed by atoms with E-state index >= 15 is 0 Å². The number of hydrogen-bond acceptors (Lipinski definition) is 5. The number of fused-ring (bicyclic) bond motifs is 2. The third kappa shape index (κ3) is 5.49. The van der Waals surface area contributed by atoms with Gasteiger partial charge in [0.2, 0.25) is 0 Å². The van der Waals surface area contributed by atoms with Crippen molar-refractivity contribution in [2.75, 3.05) is 13.7 Å². The number of carbonyl (C=O) groups excluding carboxylic acids is 1. The fourth-order valence-electron chi connectivity index (χ4n) is 3.78. The molecule has 3 aromatic rings. The van der Waals surface area contributed by atoms with Gasteiger partial charge in [0.1, 0.15) is 23.9 Å². The average molecular weight is 502 g/mol. The Bertz CT molecular complexity index is 1220. The molecule has 1 aliphatic rings. The number of para-hydroxylation sites is 2. The van der Waals surface area contributed by atoms with Crippen molar-refractivity contribution in [1.82, 2.24) is 5.43 Å². The van der Waals surface area contributed by atoms with Crippen molar-refractivity contribution in [2.24, 2.45) is 5.10 Å². The topological polar surface area (TPSA) is 69.2 Å². The van der Waals surface area contributed by atoms with E-state index in [2.05, 4.69) is 10.5 Å². The maximum Gasteiger partial charge on any atom is 0.330 e. The lowest BCUT2D eigenvalue weighted by atomic mass is 9.87. The SMILES string of the molecule is COc1ccc(C=NNC(=O)C2c3ccccc3Oc3ccccc32)cc1COCC(F)(F)C(F)F. The Morgan fingerprint density at radius 3 is 2.33 bits per heavy atom. The Morgan fingerprint density at radius 1 is 1.08 bits per heavy atom. The van der Waals surface area contributed by atoms with Crippen LogP contribution in [0.15, 0.2) is 71.8 Å². The molecule has 6 nitrogen and oxygen atoms in total. The van der Waals surface area contributed by atoms with E-state index in [0.717, 1.165) is 0 Å². The van der Waals surface area contributed by atoms with Crippen LogP contribution in [0.1, 0.15) is 28.2 Å². The number of carbonyl (C=O) groups is 1. The molecule has 3 aromatic carbocycles. The van der Waals surface area contributed by atoms with E-state index in [1.165, 1.54) is 19.4 Å². The van der Waals surface area contributed by atoms with E-state index in [9.17, 15) is 22.4 Å². The van der Waals surface area contributed by atoms with Gasteiger partial charge >= 0.3 is 12.3 Å². The molecule has 1 N–H and O–H groups in total. The van der Waals surface area contributed by atoms with Gasteiger partial charge in [-0.05, 0) is 35.9 Å². The maximum atomic E-state index is 13.1. The Balaban J connectivity index is 1.47. The van der Waals surface area contributed by atoms with Crippen LogP contribution in [0, 0.1) is 0 Å². The first-order valence-corrected chi connectivity index (χ1v) is 10.9. The predicted octanol–water partition coefficient (Wildman–Crippen LogP) is 5.50. The highest BCUT2D eigenvalue weighted by atomic mass is 19.3. The number of hydrogen-bond donors (Lipinski definition) is 1. The van der Waals surface area contributed by atoms with Crippen LogP contribution in [0.3, 0.4) is 0 Å². The van der Waals surface area contributed by atoms with E-state index in [4.69, 9.17) is 14.2 Å². The molecule has 188 valence electrons. The first-order chi connectivity index (χ1) is 17.3. The summed E-state index contributed by atoms with van der Waals surface area (Å²) < 4.78 is 66.8. The van der Waals surface area contributed by atoms with Crippen LogP contribution in [-0.2, 0) is 16.1 Å². The second-order valence-corrected chi connectivity index (χ2v) is 7.97. The first-order valence-electron chi connectivity index (χ1n) is 10.9. The number of ether oxygens (including phenoxy) is 3.